The molecule has 6 nitrogen and oxygen atoms in total. The van der Waals surface area contributed by atoms with Crippen molar-refractivity contribution in [3.8, 4) is 17.1 Å². The Morgan fingerprint density at radius 1 is 0.926 bits per heavy atom. The number of hydrogen-bond acceptors (Lipinski definition) is 4. The van der Waals surface area contributed by atoms with E-state index < -0.39 is 6.03 Å². The molecule has 1 aromatic heterocycles. The van der Waals surface area contributed by atoms with Gasteiger partial charge in [-0.25, -0.2) is 4.79 Å². The van der Waals surface area contributed by atoms with Crippen LogP contribution in [0.3, 0.4) is 0 Å². The van der Waals surface area contributed by atoms with Gasteiger partial charge in [0.05, 0.1) is 12.3 Å². The Hall–Kier alpha value is -2.83. The van der Waals surface area contributed by atoms with Crippen LogP contribution in [0.2, 0.25) is 10.0 Å². The Morgan fingerprint density at radius 2 is 1.59 bits per heavy atom. The number of carbonyl (C=O) groups is 1. The van der Waals surface area contributed by atoms with Crippen molar-refractivity contribution in [2.45, 2.75) is 6.92 Å². The van der Waals surface area contributed by atoms with Crippen LogP contribution in [0.4, 0.5) is 16.2 Å². The fourth-order valence-corrected chi connectivity index (χ4v) is 2.87. The number of carbonyl (C=O) groups excluding carboxylic acids is 1. The molecule has 0 aliphatic rings. The molecular weight excluding hydrogens is 387 g/mol. The van der Waals surface area contributed by atoms with Gasteiger partial charge in [-0.05, 0) is 43.3 Å². The van der Waals surface area contributed by atoms with Crippen molar-refractivity contribution < 1.29 is 9.53 Å². The largest absolute Gasteiger partial charge is 0.477 e. The summed E-state index contributed by atoms with van der Waals surface area (Å²) >= 11 is 11.8. The van der Waals surface area contributed by atoms with Gasteiger partial charge < -0.3 is 15.4 Å². The Balaban J connectivity index is 1.63. The zero-order valence-electron chi connectivity index (χ0n) is 14.4. The molecule has 0 aliphatic carbocycles. The molecule has 0 aliphatic heterocycles. The molecule has 27 heavy (non-hydrogen) atoms. The first kappa shape index (κ1) is 18.9. The zero-order valence-corrected chi connectivity index (χ0v) is 15.9. The zero-order chi connectivity index (χ0) is 19.2. The summed E-state index contributed by atoms with van der Waals surface area (Å²) in [7, 11) is 0. The molecule has 8 heteroatoms. The van der Waals surface area contributed by atoms with Gasteiger partial charge in [0.25, 0.3) is 0 Å². The van der Waals surface area contributed by atoms with Crippen LogP contribution in [0.15, 0.2) is 54.6 Å². The van der Waals surface area contributed by atoms with Crippen LogP contribution >= 0.6 is 23.2 Å². The first-order valence-corrected chi connectivity index (χ1v) is 8.90. The molecule has 2 aromatic carbocycles. The van der Waals surface area contributed by atoms with Crippen molar-refractivity contribution in [3.05, 3.63) is 64.6 Å². The number of urea groups is 1. The Kier molecular flexibility index (Phi) is 6.11. The Morgan fingerprint density at radius 3 is 2.19 bits per heavy atom. The highest BCUT2D eigenvalue weighted by Gasteiger charge is 2.06. The summed E-state index contributed by atoms with van der Waals surface area (Å²) < 4.78 is 5.28. The van der Waals surface area contributed by atoms with Gasteiger partial charge in [0.15, 0.2) is 0 Å². The summed E-state index contributed by atoms with van der Waals surface area (Å²) in [6.45, 7) is 2.43. The number of ether oxygens (including phenoxy) is 1. The molecule has 0 unspecified atom stereocenters. The number of amides is 2. The average Bonchev–Trinajstić information content (AvgIpc) is 2.62. The maximum atomic E-state index is 12.1. The van der Waals surface area contributed by atoms with Crippen LogP contribution in [0.5, 0.6) is 5.88 Å². The summed E-state index contributed by atoms with van der Waals surface area (Å²) in [6.07, 6.45) is 0. The molecule has 1 heterocycles. The second kappa shape index (κ2) is 8.70. The Labute approximate surface area is 166 Å². The molecule has 0 bridgehead atoms. The van der Waals surface area contributed by atoms with E-state index in [4.69, 9.17) is 27.9 Å². The van der Waals surface area contributed by atoms with E-state index in [0.29, 0.717) is 39.6 Å². The fourth-order valence-electron chi connectivity index (χ4n) is 2.34. The van der Waals surface area contributed by atoms with Gasteiger partial charge in [-0.15, -0.1) is 10.2 Å². The molecule has 0 saturated carbocycles. The lowest BCUT2D eigenvalue weighted by Crippen LogP contribution is -2.19. The van der Waals surface area contributed by atoms with Gasteiger partial charge in [-0.3, -0.25) is 0 Å². The van der Waals surface area contributed by atoms with Gasteiger partial charge in [0.2, 0.25) is 5.88 Å². The number of hydrogen-bond donors (Lipinski definition) is 2. The predicted molar refractivity (Wildman–Crippen MR) is 108 cm³/mol. The number of rotatable bonds is 5. The summed E-state index contributed by atoms with van der Waals surface area (Å²) in [4.78, 5) is 12.1. The van der Waals surface area contributed by atoms with Gasteiger partial charge in [0, 0.05) is 33.0 Å². The van der Waals surface area contributed by atoms with Crippen molar-refractivity contribution in [1.82, 2.24) is 10.2 Å². The number of benzene rings is 2. The summed E-state index contributed by atoms with van der Waals surface area (Å²) in [5.41, 5.74) is 2.72. The monoisotopic (exact) mass is 402 g/mol. The van der Waals surface area contributed by atoms with E-state index in [2.05, 4.69) is 20.8 Å². The summed E-state index contributed by atoms with van der Waals surface area (Å²) in [5.74, 6) is 0.484. The average molecular weight is 403 g/mol. The predicted octanol–water partition coefficient (Wildman–Crippen LogP) is 5.49. The normalized spacial score (nSPS) is 10.3. The number of anilines is 2. The van der Waals surface area contributed by atoms with E-state index in [0.717, 1.165) is 5.56 Å². The van der Waals surface area contributed by atoms with E-state index in [-0.39, 0.29) is 0 Å². The minimum atomic E-state index is -0.401. The third kappa shape index (κ3) is 5.32. The van der Waals surface area contributed by atoms with E-state index in [9.17, 15) is 4.79 Å². The van der Waals surface area contributed by atoms with Gasteiger partial charge in [-0.1, -0.05) is 35.3 Å². The third-order valence-electron chi connectivity index (χ3n) is 3.49. The van der Waals surface area contributed by atoms with Crippen molar-refractivity contribution in [2.24, 2.45) is 0 Å². The molecule has 0 saturated heterocycles. The highest BCUT2D eigenvalue weighted by molar-refractivity contribution is 6.35. The van der Waals surface area contributed by atoms with Crippen LogP contribution in [0.1, 0.15) is 6.92 Å². The first-order chi connectivity index (χ1) is 13.0. The third-order valence-corrected chi connectivity index (χ3v) is 3.93. The number of nitrogens with zero attached hydrogens (tertiary/aromatic N) is 2. The lowest BCUT2D eigenvalue weighted by Gasteiger charge is -2.09. The smallest absolute Gasteiger partial charge is 0.323 e. The van der Waals surface area contributed by atoms with Crippen molar-refractivity contribution in [2.75, 3.05) is 17.2 Å². The second-order valence-corrected chi connectivity index (χ2v) is 6.38. The van der Waals surface area contributed by atoms with Crippen LogP contribution in [-0.2, 0) is 0 Å². The highest BCUT2D eigenvalue weighted by Crippen LogP contribution is 2.23. The number of halogens is 2. The first-order valence-electron chi connectivity index (χ1n) is 8.14. The molecule has 3 rings (SSSR count). The highest BCUT2D eigenvalue weighted by atomic mass is 35.5. The minimum absolute atomic E-state index is 0.401. The maximum Gasteiger partial charge on any atom is 0.323 e. The van der Waals surface area contributed by atoms with Crippen LogP contribution in [0, 0.1) is 0 Å². The molecule has 0 atom stereocenters. The number of nitrogens with one attached hydrogen (secondary N) is 2. The molecule has 3 aromatic rings. The lowest BCUT2D eigenvalue weighted by molar-refractivity contribution is 0.262. The standard InChI is InChI=1S/C19H16Cl2N4O2/c1-2-27-18-8-7-17(24-25-18)12-3-5-15(6-4-12)22-19(26)23-16-10-13(20)9-14(21)11-16/h3-11H,2H2,1H3,(H2,22,23,26). The Bertz CT molecular complexity index is 911. The topological polar surface area (TPSA) is 76.1 Å². The van der Waals surface area contributed by atoms with E-state index in [1.807, 2.05) is 25.1 Å². The molecule has 138 valence electrons. The van der Waals surface area contributed by atoms with Gasteiger partial charge >= 0.3 is 6.03 Å². The van der Waals surface area contributed by atoms with Crippen LogP contribution < -0.4 is 15.4 Å². The van der Waals surface area contributed by atoms with Crippen molar-refractivity contribution in [1.29, 1.82) is 0 Å². The van der Waals surface area contributed by atoms with Gasteiger partial charge in [-0.2, -0.15) is 0 Å². The molecule has 0 spiro atoms. The maximum absolute atomic E-state index is 12.1. The molecule has 0 fully saturated rings. The minimum Gasteiger partial charge on any atom is -0.477 e. The second-order valence-electron chi connectivity index (χ2n) is 5.50. The molecular formula is C19H16Cl2N4O2. The summed E-state index contributed by atoms with van der Waals surface area (Å²) in [5, 5.41) is 14.4. The van der Waals surface area contributed by atoms with Crippen molar-refractivity contribution >= 4 is 40.6 Å². The fraction of sp³-hybridized carbons (Fsp3) is 0.105. The quantitative estimate of drug-likeness (QED) is 0.591. The van der Waals surface area contributed by atoms with Crippen molar-refractivity contribution in [3.63, 3.8) is 0 Å². The van der Waals surface area contributed by atoms with E-state index in [1.165, 1.54) is 0 Å². The van der Waals surface area contributed by atoms with E-state index >= 15 is 0 Å². The summed E-state index contributed by atoms with van der Waals surface area (Å²) in [6, 6.07) is 15.2. The van der Waals surface area contributed by atoms with E-state index in [1.54, 1.807) is 36.4 Å². The van der Waals surface area contributed by atoms with Gasteiger partial charge in [0.1, 0.15) is 0 Å². The molecule has 2 amide bonds. The number of aromatic nitrogens is 2. The SMILES string of the molecule is CCOc1ccc(-c2ccc(NC(=O)Nc3cc(Cl)cc(Cl)c3)cc2)nn1. The molecule has 0 radical (unpaired) electrons. The lowest BCUT2D eigenvalue weighted by atomic mass is 10.1. The molecule has 2 N–H and O–H groups in total. The van der Waals surface area contributed by atoms with Crippen LogP contribution in [-0.4, -0.2) is 22.8 Å². The van der Waals surface area contributed by atoms with Crippen LogP contribution in [0.25, 0.3) is 11.3 Å².